The molecule has 0 bridgehead atoms. The van der Waals surface area contributed by atoms with Gasteiger partial charge in [0, 0.05) is 51.4 Å². The summed E-state index contributed by atoms with van der Waals surface area (Å²) in [5, 5.41) is 0. The summed E-state index contributed by atoms with van der Waals surface area (Å²) in [6.45, 7) is 7.06. The van der Waals surface area contributed by atoms with E-state index in [4.69, 9.17) is 9.47 Å². The SMILES string of the molecule is O=C(CN1CCC(N2CCCC2)C1)N1CCN(S(=O)(=O)c2ccc3c(c2)OCCO3)CC1. The number of nitrogens with zero attached hydrogens (tertiary/aromatic N) is 4. The summed E-state index contributed by atoms with van der Waals surface area (Å²) in [4.78, 5) is 19.7. The van der Waals surface area contributed by atoms with Crippen LogP contribution < -0.4 is 9.47 Å². The highest BCUT2D eigenvalue weighted by atomic mass is 32.2. The van der Waals surface area contributed by atoms with E-state index in [0.717, 1.165) is 19.5 Å². The molecule has 1 unspecified atom stereocenters. The molecule has 1 atom stereocenters. The van der Waals surface area contributed by atoms with Gasteiger partial charge in [-0.15, -0.1) is 0 Å². The summed E-state index contributed by atoms with van der Waals surface area (Å²) in [5.41, 5.74) is 0. The largest absolute Gasteiger partial charge is 0.486 e. The molecule has 176 valence electrons. The first kappa shape index (κ1) is 21.9. The van der Waals surface area contributed by atoms with Crippen LogP contribution in [0.1, 0.15) is 19.3 Å². The predicted octanol–water partition coefficient (Wildman–Crippen LogP) is 0.461. The first-order valence-electron chi connectivity index (χ1n) is 11.6. The van der Waals surface area contributed by atoms with Gasteiger partial charge in [0.15, 0.2) is 11.5 Å². The van der Waals surface area contributed by atoms with Crippen LogP contribution in [0.5, 0.6) is 11.5 Å². The Morgan fingerprint density at radius 1 is 0.938 bits per heavy atom. The molecule has 1 aromatic carbocycles. The van der Waals surface area contributed by atoms with E-state index >= 15 is 0 Å². The van der Waals surface area contributed by atoms with Crippen LogP contribution in [0, 0.1) is 0 Å². The fraction of sp³-hybridized carbons (Fsp3) is 0.682. The monoisotopic (exact) mass is 464 g/mol. The maximum atomic E-state index is 13.1. The van der Waals surface area contributed by atoms with Crippen LogP contribution in [0.25, 0.3) is 0 Å². The summed E-state index contributed by atoms with van der Waals surface area (Å²) in [6.07, 6.45) is 3.71. The molecule has 0 aliphatic carbocycles. The third-order valence-electron chi connectivity index (χ3n) is 7.01. The van der Waals surface area contributed by atoms with Gasteiger partial charge in [-0.2, -0.15) is 4.31 Å². The van der Waals surface area contributed by atoms with Gasteiger partial charge >= 0.3 is 0 Å². The molecule has 32 heavy (non-hydrogen) atoms. The van der Waals surface area contributed by atoms with Gasteiger partial charge in [-0.05, 0) is 44.5 Å². The molecule has 3 saturated heterocycles. The fourth-order valence-corrected chi connectivity index (χ4v) is 6.60. The molecule has 4 heterocycles. The number of carbonyl (C=O) groups is 1. The zero-order chi connectivity index (χ0) is 22.1. The van der Waals surface area contributed by atoms with E-state index in [1.807, 2.05) is 0 Å². The van der Waals surface area contributed by atoms with Crippen molar-refractivity contribution in [2.45, 2.75) is 30.2 Å². The minimum atomic E-state index is -3.64. The molecule has 3 fully saturated rings. The smallest absolute Gasteiger partial charge is 0.243 e. The van der Waals surface area contributed by atoms with Crippen molar-refractivity contribution >= 4 is 15.9 Å². The molecule has 9 nitrogen and oxygen atoms in total. The normalized spacial score (nSPS) is 25.4. The van der Waals surface area contributed by atoms with Crippen LogP contribution in [-0.2, 0) is 14.8 Å². The van der Waals surface area contributed by atoms with Gasteiger partial charge in [0.25, 0.3) is 0 Å². The molecule has 0 radical (unpaired) electrons. The average molecular weight is 465 g/mol. The second-order valence-corrected chi connectivity index (χ2v) is 10.9. The number of hydrogen-bond donors (Lipinski definition) is 0. The van der Waals surface area contributed by atoms with Crippen LogP contribution in [-0.4, -0.2) is 111 Å². The van der Waals surface area contributed by atoms with Crippen molar-refractivity contribution in [1.29, 1.82) is 0 Å². The Bertz CT molecular complexity index is 942. The average Bonchev–Trinajstić information content (AvgIpc) is 3.51. The lowest BCUT2D eigenvalue weighted by Gasteiger charge is -2.35. The molecule has 0 aromatic heterocycles. The Morgan fingerprint density at radius 2 is 1.66 bits per heavy atom. The van der Waals surface area contributed by atoms with Crippen molar-refractivity contribution in [2.75, 3.05) is 72.1 Å². The summed E-state index contributed by atoms with van der Waals surface area (Å²) in [7, 11) is -3.64. The fourth-order valence-electron chi connectivity index (χ4n) is 5.16. The second kappa shape index (κ2) is 9.17. The number of rotatable bonds is 5. The van der Waals surface area contributed by atoms with E-state index in [9.17, 15) is 13.2 Å². The van der Waals surface area contributed by atoms with Crippen molar-refractivity contribution in [2.24, 2.45) is 0 Å². The van der Waals surface area contributed by atoms with E-state index in [0.29, 0.717) is 63.5 Å². The van der Waals surface area contributed by atoms with Crippen molar-refractivity contribution in [3.8, 4) is 11.5 Å². The second-order valence-electron chi connectivity index (χ2n) is 9.01. The molecular formula is C22H32N4O5S. The third-order valence-corrected chi connectivity index (χ3v) is 8.90. The number of likely N-dealkylation sites (tertiary alicyclic amines) is 2. The number of hydrogen-bond acceptors (Lipinski definition) is 7. The van der Waals surface area contributed by atoms with Gasteiger partial charge in [-0.3, -0.25) is 14.6 Å². The number of amides is 1. The first-order valence-corrected chi connectivity index (χ1v) is 13.1. The van der Waals surface area contributed by atoms with E-state index in [2.05, 4.69) is 9.80 Å². The van der Waals surface area contributed by atoms with Gasteiger partial charge in [-0.1, -0.05) is 0 Å². The van der Waals surface area contributed by atoms with Crippen LogP contribution >= 0.6 is 0 Å². The Balaban J connectivity index is 1.14. The molecule has 4 aliphatic heterocycles. The van der Waals surface area contributed by atoms with E-state index in [1.165, 1.54) is 36.3 Å². The van der Waals surface area contributed by atoms with Crippen LogP contribution in [0.4, 0.5) is 0 Å². The van der Waals surface area contributed by atoms with Crippen molar-refractivity contribution in [3.63, 3.8) is 0 Å². The van der Waals surface area contributed by atoms with E-state index in [1.54, 1.807) is 17.0 Å². The minimum absolute atomic E-state index is 0.100. The zero-order valence-electron chi connectivity index (χ0n) is 18.4. The molecule has 1 amide bonds. The standard InChI is InChI=1S/C22H32N4O5S/c27-22(17-23-8-5-18(16-23)24-6-1-2-7-24)25-9-11-26(12-10-25)32(28,29)19-3-4-20-21(15-19)31-14-13-30-20/h3-4,15,18H,1-2,5-14,16-17H2. The number of ether oxygens (including phenoxy) is 2. The topological polar surface area (TPSA) is 82.6 Å². The lowest BCUT2D eigenvalue weighted by atomic mass is 10.2. The van der Waals surface area contributed by atoms with Crippen LogP contribution in [0.3, 0.4) is 0 Å². The van der Waals surface area contributed by atoms with Crippen LogP contribution in [0.15, 0.2) is 23.1 Å². The Kier molecular flexibility index (Phi) is 6.28. The number of piperazine rings is 1. The molecular weight excluding hydrogens is 432 g/mol. The van der Waals surface area contributed by atoms with Gasteiger partial charge in [0.1, 0.15) is 13.2 Å². The Hall–Kier alpha value is -1.88. The van der Waals surface area contributed by atoms with E-state index < -0.39 is 10.0 Å². The summed E-state index contributed by atoms with van der Waals surface area (Å²) >= 11 is 0. The molecule has 0 saturated carbocycles. The minimum Gasteiger partial charge on any atom is -0.486 e. The molecule has 10 heteroatoms. The number of benzene rings is 1. The summed E-state index contributed by atoms with van der Waals surface area (Å²) in [5.74, 6) is 1.13. The Labute approximate surface area is 189 Å². The van der Waals surface area contributed by atoms with Crippen molar-refractivity contribution in [3.05, 3.63) is 18.2 Å². The van der Waals surface area contributed by atoms with Gasteiger partial charge in [0.2, 0.25) is 15.9 Å². The van der Waals surface area contributed by atoms with E-state index in [-0.39, 0.29) is 10.8 Å². The number of carbonyl (C=O) groups excluding carboxylic acids is 1. The first-order chi connectivity index (χ1) is 15.5. The lowest BCUT2D eigenvalue weighted by Crippen LogP contribution is -2.52. The highest BCUT2D eigenvalue weighted by molar-refractivity contribution is 7.89. The summed E-state index contributed by atoms with van der Waals surface area (Å²) < 4.78 is 38.7. The molecule has 0 N–H and O–H groups in total. The number of sulfonamides is 1. The highest BCUT2D eigenvalue weighted by Gasteiger charge is 2.34. The van der Waals surface area contributed by atoms with Crippen molar-refractivity contribution in [1.82, 2.24) is 19.0 Å². The maximum Gasteiger partial charge on any atom is 0.243 e. The molecule has 0 spiro atoms. The van der Waals surface area contributed by atoms with Gasteiger partial charge < -0.3 is 14.4 Å². The molecule has 5 rings (SSSR count). The van der Waals surface area contributed by atoms with Crippen molar-refractivity contribution < 1.29 is 22.7 Å². The molecule has 1 aromatic rings. The summed E-state index contributed by atoms with van der Waals surface area (Å²) in [6, 6.07) is 5.32. The predicted molar refractivity (Wildman–Crippen MR) is 118 cm³/mol. The number of fused-ring (bicyclic) bond motifs is 1. The molecule has 4 aliphatic rings. The Morgan fingerprint density at radius 3 is 2.41 bits per heavy atom. The zero-order valence-corrected chi connectivity index (χ0v) is 19.3. The van der Waals surface area contributed by atoms with Gasteiger partial charge in [0.05, 0.1) is 11.4 Å². The quantitative estimate of drug-likeness (QED) is 0.626. The third kappa shape index (κ3) is 4.46. The maximum absolute atomic E-state index is 13.1. The van der Waals surface area contributed by atoms with Gasteiger partial charge in [-0.25, -0.2) is 8.42 Å². The van der Waals surface area contributed by atoms with Crippen LogP contribution in [0.2, 0.25) is 0 Å². The highest BCUT2D eigenvalue weighted by Crippen LogP contribution is 2.33. The lowest BCUT2D eigenvalue weighted by molar-refractivity contribution is -0.133.